The highest BCUT2D eigenvalue weighted by molar-refractivity contribution is 7.13. The van der Waals surface area contributed by atoms with E-state index in [1.807, 2.05) is 25.5 Å². The molecule has 2 aromatic heterocycles. The molecule has 0 radical (unpaired) electrons. The highest BCUT2D eigenvalue weighted by Gasteiger charge is 2.39. The van der Waals surface area contributed by atoms with Crippen LogP contribution in [0.2, 0.25) is 0 Å². The lowest BCUT2D eigenvalue weighted by atomic mass is 9.75. The number of rotatable bonds is 6. The topological polar surface area (TPSA) is 95.3 Å². The molecule has 31 heavy (non-hydrogen) atoms. The Hall–Kier alpha value is -2.26. The van der Waals surface area contributed by atoms with Crippen molar-refractivity contribution in [1.29, 1.82) is 0 Å². The number of carbonyl (C=O) groups is 2. The van der Waals surface area contributed by atoms with E-state index in [1.165, 1.54) is 11.3 Å². The number of esters is 1. The number of thiazole rings is 1. The van der Waals surface area contributed by atoms with E-state index in [1.54, 1.807) is 6.20 Å². The van der Waals surface area contributed by atoms with E-state index in [9.17, 15) is 9.59 Å². The summed E-state index contributed by atoms with van der Waals surface area (Å²) in [5, 5.41) is 8.76. The van der Waals surface area contributed by atoms with Gasteiger partial charge in [-0.15, -0.1) is 11.3 Å². The normalized spacial score (nSPS) is 18.9. The zero-order valence-electron chi connectivity index (χ0n) is 18.4. The number of hydrogen-bond donors (Lipinski definition) is 1. The molecule has 8 nitrogen and oxygen atoms in total. The van der Waals surface area contributed by atoms with Gasteiger partial charge in [0.1, 0.15) is 10.6 Å². The van der Waals surface area contributed by atoms with Gasteiger partial charge in [-0.2, -0.15) is 5.10 Å². The standard InChI is InChI=1S/C22H30N4O4S/c1-4-26-19-16(10-22(13-24-20(19)27)5-7-29-8-6-22)17(25-26)9-14(2)12-30-21(28)18-11-23-15(3)31-18/h11,14H,4-10,12-13H2,1-3H3,(H,24,27)/t14-/m1/s1. The largest absolute Gasteiger partial charge is 0.461 e. The smallest absolute Gasteiger partial charge is 0.349 e. The summed E-state index contributed by atoms with van der Waals surface area (Å²) >= 11 is 1.34. The molecule has 1 amide bonds. The maximum atomic E-state index is 12.9. The van der Waals surface area contributed by atoms with Gasteiger partial charge in [-0.05, 0) is 50.9 Å². The fourth-order valence-electron chi connectivity index (χ4n) is 4.46. The first-order chi connectivity index (χ1) is 14.9. The molecule has 0 bridgehead atoms. The summed E-state index contributed by atoms with van der Waals surface area (Å²) in [6.45, 7) is 8.98. The van der Waals surface area contributed by atoms with Gasteiger partial charge in [0.2, 0.25) is 0 Å². The molecule has 0 unspecified atom stereocenters. The lowest BCUT2D eigenvalue weighted by molar-refractivity contribution is 0.0160. The van der Waals surface area contributed by atoms with Crippen LogP contribution in [0, 0.1) is 18.3 Å². The molecule has 4 rings (SSSR count). The van der Waals surface area contributed by atoms with Crippen LogP contribution in [0.3, 0.4) is 0 Å². The fourth-order valence-corrected chi connectivity index (χ4v) is 5.13. The van der Waals surface area contributed by atoms with Crippen LogP contribution in [-0.2, 0) is 28.9 Å². The molecule has 2 aliphatic rings. The number of carbonyl (C=O) groups excluding carboxylic acids is 2. The van der Waals surface area contributed by atoms with E-state index in [-0.39, 0.29) is 23.2 Å². The molecule has 1 spiro atoms. The van der Waals surface area contributed by atoms with E-state index < -0.39 is 0 Å². The molecule has 0 aromatic carbocycles. The third kappa shape index (κ3) is 4.67. The number of ether oxygens (including phenoxy) is 2. The minimum absolute atomic E-state index is 0.0231. The highest BCUT2D eigenvalue weighted by Crippen LogP contribution is 2.38. The summed E-state index contributed by atoms with van der Waals surface area (Å²) < 4.78 is 12.9. The zero-order chi connectivity index (χ0) is 22.0. The maximum Gasteiger partial charge on any atom is 0.349 e. The molecule has 9 heteroatoms. The van der Waals surface area contributed by atoms with Crippen molar-refractivity contribution in [2.45, 2.75) is 53.0 Å². The quantitative estimate of drug-likeness (QED) is 0.686. The van der Waals surface area contributed by atoms with Gasteiger partial charge in [0.15, 0.2) is 0 Å². The van der Waals surface area contributed by atoms with Crippen LogP contribution >= 0.6 is 11.3 Å². The van der Waals surface area contributed by atoms with Crippen LogP contribution in [0.4, 0.5) is 0 Å². The van der Waals surface area contributed by atoms with Crippen molar-refractivity contribution in [3.05, 3.63) is 33.0 Å². The monoisotopic (exact) mass is 446 g/mol. The maximum absolute atomic E-state index is 12.9. The van der Waals surface area contributed by atoms with Crippen molar-refractivity contribution in [1.82, 2.24) is 20.1 Å². The van der Waals surface area contributed by atoms with E-state index in [0.29, 0.717) is 36.7 Å². The number of aryl methyl sites for hydroxylation is 2. The predicted octanol–water partition coefficient (Wildman–Crippen LogP) is 2.79. The van der Waals surface area contributed by atoms with Crippen LogP contribution in [0.5, 0.6) is 0 Å². The number of nitrogens with one attached hydrogen (secondary N) is 1. The Morgan fingerprint density at radius 2 is 2.19 bits per heavy atom. The van der Waals surface area contributed by atoms with Crippen molar-refractivity contribution in [2.24, 2.45) is 11.3 Å². The lowest BCUT2D eigenvalue weighted by Gasteiger charge is -2.36. The Balaban J connectivity index is 1.50. The number of amides is 1. The average Bonchev–Trinajstić information content (AvgIpc) is 3.31. The predicted molar refractivity (Wildman–Crippen MR) is 116 cm³/mol. The van der Waals surface area contributed by atoms with Gasteiger partial charge in [0.05, 0.1) is 23.5 Å². The van der Waals surface area contributed by atoms with Crippen LogP contribution in [0.15, 0.2) is 6.20 Å². The third-order valence-electron chi connectivity index (χ3n) is 6.24. The van der Waals surface area contributed by atoms with Gasteiger partial charge >= 0.3 is 5.97 Å². The second-order valence-corrected chi connectivity index (χ2v) is 9.95. The zero-order valence-corrected chi connectivity index (χ0v) is 19.2. The minimum Gasteiger partial charge on any atom is -0.461 e. The van der Waals surface area contributed by atoms with Crippen LogP contribution in [0.25, 0.3) is 0 Å². The second-order valence-electron chi connectivity index (χ2n) is 8.71. The molecule has 1 N–H and O–H groups in total. The minimum atomic E-state index is -0.337. The molecular formula is C22H30N4O4S. The van der Waals surface area contributed by atoms with Gasteiger partial charge in [0, 0.05) is 31.9 Å². The van der Waals surface area contributed by atoms with Gasteiger partial charge in [-0.25, -0.2) is 9.78 Å². The number of aromatic nitrogens is 3. The first-order valence-electron chi connectivity index (χ1n) is 10.9. The number of hydrogen-bond acceptors (Lipinski definition) is 7. The van der Waals surface area contributed by atoms with Gasteiger partial charge in [-0.1, -0.05) is 6.92 Å². The van der Waals surface area contributed by atoms with E-state index >= 15 is 0 Å². The van der Waals surface area contributed by atoms with Gasteiger partial charge in [-0.3, -0.25) is 9.48 Å². The summed E-state index contributed by atoms with van der Waals surface area (Å²) in [6.07, 6.45) is 4.91. The molecule has 1 atom stereocenters. The van der Waals surface area contributed by atoms with Crippen molar-refractivity contribution >= 4 is 23.2 Å². The van der Waals surface area contributed by atoms with Crippen molar-refractivity contribution in [3.63, 3.8) is 0 Å². The molecule has 2 aromatic rings. The Morgan fingerprint density at radius 1 is 1.42 bits per heavy atom. The molecule has 0 saturated carbocycles. The SMILES string of the molecule is CCn1nc(C[C@@H](C)COC(=O)c2cnc(C)s2)c2c1C(=O)NCC1(CCOCC1)C2. The summed E-state index contributed by atoms with van der Waals surface area (Å²) in [4.78, 5) is 29.8. The van der Waals surface area contributed by atoms with E-state index in [0.717, 1.165) is 48.7 Å². The fraction of sp³-hybridized carbons (Fsp3) is 0.636. The Morgan fingerprint density at radius 3 is 2.87 bits per heavy atom. The van der Waals surface area contributed by atoms with Gasteiger partial charge in [0.25, 0.3) is 5.91 Å². The second kappa shape index (κ2) is 9.08. The molecule has 2 aliphatic heterocycles. The van der Waals surface area contributed by atoms with Crippen LogP contribution < -0.4 is 5.32 Å². The molecular weight excluding hydrogens is 416 g/mol. The third-order valence-corrected chi connectivity index (χ3v) is 7.13. The van der Waals surface area contributed by atoms with Gasteiger partial charge < -0.3 is 14.8 Å². The van der Waals surface area contributed by atoms with Crippen molar-refractivity contribution in [3.8, 4) is 0 Å². The highest BCUT2D eigenvalue weighted by atomic mass is 32.1. The summed E-state index contributed by atoms with van der Waals surface area (Å²) in [5.41, 5.74) is 2.70. The molecule has 1 fully saturated rings. The average molecular weight is 447 g/mol. The molecule has 4 heterocycles. The molecule has 1 saturated heterocycles. The Kier molecular flexibility index (Phi) is 6.43. The van der Waals surface area contributed by atoms with Crippen molar-refractivity contribution in [2.75, 3.05) is 26.4 Å². The van der Waals surface area contributed by atoms with Crippen molar-refractivity contribution < 1.29 is 19.1 Å². The lowest BCUT2D eigenvalue weighted by Crippen LogP contribution is -2.40. The first kappa shape index (κ1) is 22.0. The first-order valence-corrected chi connectivity index (χ1v) is 11.8. The summed E-state index contributed by atoms with van der Waals surface area (Å²) in [5.74, 6) is -0.297. The summed E-state index contributed by atoms with van der Waals surface area (Å²) in [7, 11) is 0. The van der Waals surface area contributed by atoms with Crippen LogP contribution in [0.1, 0.15) is 63.1 Å². The number of nitrogens with zero attached hydrogens (tertiary/aromatic N) is 3. The summed E-state index contributed by atoms with van der Waals surface area (Å²) in [6, 6.07) is 0. The Labute approximate surface area is 186 Å². The Bertz CT molecular complexity index is 961. The van der Waals surface area contributed by atoms with Crippen LogP contribution in [-0.4, -0.2) is 53.0 Å². The molecule has 168 valence electrons. The molecule has 0 aliphatic carbocycles. The van der Waals surface area contributed by atoms with E-state index in [4.69, 9.17) is 14.6 Å². The van der Waals surface area contributed by atoms with E-state index in [2.05, 4.69) is 10.3 Å². The number of fused-ring (bicyclic) bond motifs is 1.